The SMILES string of the molecule is CC(C)(C)Nc1c2ccccn2c[n+]1C(C)(C)C.O=S(=O)([O-])C(F)(F)F. The van der Waals surface area contributed by atoms with Gasteiger partial charge in [-0.05, 0) is 53.7 Å². The highest BCUT2D eigenvalue weighted by molar-refractivity contribution is 7.86. The van der Waals surface area contributed by atoms with Gasteiger partial charge in [0.2, 0.25) is 0 Å². The predicted molar refractivity (Wildman–Crippen MR) is 91.7 cm³/mol. The van der Waals surface area contributed by atoms with Crippen LogP contribution in [0.1, 0.15) is 41.5 Å². The van der Waals surface area contributed by atoms with Gasteiger partial charge >= 0.3 is 5.51 Å². The number of rotatable bonds is 1. The summed E-state index contributed by atoms with van der Waals surface area (Å²) in [7, 11) is -6.09. The third-order valence-electron chi connectivity index (χ3n) is 3.11. The molecule has 2 aromatic rings. The van der Waals surface area contributed by atoms with Crippen molar-refractivity contribution in [1.29, 1.82) is 0 Å². The smallest absolute Gasteiger partial charge is 0.485 e. The van der Waals surface area contributed by atoms with E-state index < -0.39 is 15.6 Å². The van der Waals surface area contributed by atoms with Gasteiger partial charge in [0.15, 0.2) is 22.0 Å². The van der Waals surface area contributed by atoms with E-state index in [4.69, 9.17) is 13.0 Å². The van der Waals surface area contributed by atoms with Gasteiger partial charge in [-0.3, -0.25) is 5.32 Å². The third-order valence-corrected chi connectivity index (χ3v) is 3.68. The second-order valence-corrected chi connectivity index (χ2v) is 9.14. The molecule has 148 valence electrons. The van der Waals surface area contributed by atoms with Crippen LogP contribution in [0.3, 0.4) is 0 Å². The largest absolute Gasteiger partial charge is 0.741 e. The first-order chi connectivity index (χ1) is 11.4. The highest BCUT2D eigenvalue weighted by atomic mass is 32.2. The lowest BCUT2D eigenvalue weighted by Crippen LogP contribution is -2.51. The normalized spacial score (nSPS) is 13.3. The number of aromatic nitrogens is 2. The minimum Gasteiger partial charge on any atom is -0.741 e. The molecular formula is C16H24F3N3O3S. The summed E-state index contributed by atoms with van der Waals surface area (Å²) in [5.74, 6) is 1.18. The maximum atomic E-state index is 10.7. The Morgan fingerprint density at radius 1 is 1.08 bits per heavy atom. The van der Waals surface area contributed by atoms with E-state index in [1.807, 2.05) is 0 Å². The van der Waals surface area contributed by atoms with Crippen LogP contribution < -0.4 is 9.88 Å². The Hall–Kier alpha value is -1.81. The summed E-state index contributed by atoms with van der Waals surface area (Å²) < 4.78 is 63.4. The molecule has 0 bridgehead atoms. The third kappa shape index (κ3) is 5.87. The van der Waals surface area contributed by atoms with Crippen molar-refractivity contribution in [1.82, 2.24) is 4.40 Å². The summed E-state index contributed by atoms with van der Waals surface area (Å²) in [6.45, 7) is 13.2. The van der Waals surface area contributed by atoms with Crippen LogP contribution >= 0.6 is 0 Å². The van der Waals surface area contributed by atoms with Crippen molar-refractivity contribution in [2.45, 2.75) is 58.1 Å². The van der Waals surface area contributed by atoms with E-state index in [1.165, 1.54) is 11.3 Å². The van der Waals surface area contributed by atoms with Gasteiger partial charge in [-0.25, -0.2) is 17.4 Å². The molecular weight excluding hydrogens is 371 g/mol. The minimum absolute atomic E-state index is 0.0463. The van der Waals surface area contributed by atoms with Gasteiger partial charge in [0.1, 0.15) is 0 Å². The van der Waals surface area contributed by atoms with E-state index >= 15 is 0 Å². The van der Waals surface area contributed by atoms with E-state index in [1.54, 1.807) is 0 Å². The van der Waals surface area contributed by atoms with Crippen molar-refractivity contribution in [3.63, 3.8) is 0 Å². The molecule has 2 heterocycles. The van der Waals surface area contributed by atoms with Crippen LogP contribution in [-0.4, -0.2) is 28.4 Å². The molecule has 10 heteroatoms. The van der Waals surface area contributed by atoms with Gasteiger partial charge in [0.25, 0.3) is 5.82 Å². The zero-order valence-electron chi connectivity index (χ0n) is 15.5. The van der Waals surface area contributed by atoms with Gasteiger partial charge in [-0.1, -0.05) is 6.07 Å². The number of nitrogens with zero attached hydrogens (tertiary/aromatic N) is 2. The molecule has 0 atom stereocenters. The molecule has 0 aliphatic carbocycles. The molecule has 0 saturated carbocycles. The fraction of sp³-hybridized carbons (Fsp3) is 0.562. The van der Waals surface area contributed by atoms with Crippen molar-refractivity contribution in [3.8, 4) is 0 Å². The Bertz CT molecular complexity index is 861. The van der Waals surface area contributed by atoms with Crippen LogP contribution in [0.25, 0.3) is 5.52 Å². The molecule has 0 spiro atoms. The summed E-state index contributed by atoms with van der Waals surface area (Å²) >= 11 is 0. The van der Waals surface area contributed by atoms with Crippen LogP contribution in [0.5, 0.6) is 0 Å². The number of pyridine rings is 1. The number of hydrogen-bond acceptors (Lipinski definition) is 4. The van der Waals surface area contributed by atoms with Gasteiger partial charge in [-0.15, -0.1) is 0 Å². The van der Waals surface area contributed by atoms with Crippen LogP contribution in [-0.2, 0) is 15.7 Å². The first kappa shape index (κ1) is 22.2. The Morgan fingerprint density at radius 3 is 1.96 bits per heavy atom. The fourth-order valence-electron chi connectivity index (χ4n) is 2.05. The summed E-state index contributed by atoms with van der Waals surface area (Å²) in [5, 5.41) is 3.62. The Labute approximate surface area is 151 Å². The number of halogens is 3. The molecule has 0 amide bonds. The Morgan fingerprint density at radius 2 is 1.58 bits per heavy atom. The second-order valence-electron chi connectivity index (χ2n) is 7.77. The standard InChI is InChI=1S/C15H24N3.CHF3O3S/c1-14(2,3)16-13-12-9-7-8-10-17(12)11-18(13)15(4,5)6;2-1(3,4)8(5,6)7/h7-11,16H,1-6H3;(H,5,6,7)/q+1;/p-1. The van der Waals surface area contributed by atoms with E-state index in [-0.39, 0.29) is 11.1 Å². The van der Waals surface area contributed by atoms with Crippen LogP contribution in [0, 0.1) is 0 Å². The van der Waals surface area contributed by atoms with Crippen LogP contribution in [0.15, 0.2) is 30.7 Å². The number of alkyl halides is 3. The average molecular weight is 395 g/mol. The lowest BCUT2D eigenvalue weighted by atomic mass is 10.1. The molecule has 0 aliphatic rings. The molecule has 26 heavy (non-hydrogen) atoms. The Balaban J connectivity index is 0.000000359. The number of anilines is 1. The lowest BCUT2D eigenvalue weighted by molar-refractivity contribution is -0.740. The first-order valence-corrected chi connectivity index (χ1v) is 9.16. The number of hydrogen-bond donors (Lipinski definition) is 1. The van der Waals surface area contributed by atoms with E-state index in [0.717, 1.165) is 0 Å². The van der Waals surface area contributed by atoms with Gasteiger partial charge in [-0.2, -0.15) is 13.2 Å². The monoisotopic (exact) mass is 395 g/mol. The molecule has 0 aromatic carbocycles. The fourth-order valence-corrected chi connectivity index (χ4v) is 2.05. The highest BCUT2D eigenvalue weighted by Crippen LogP contribution is 2.21. The minimum atomic E-state index is -6.09. The van der Waals surface area contributed by atoms with Crippen molar-refractivity contribution < 1.29 is 30.7 Å². The summed E-state index contributed by atoms with van der Waals surface area (Å²) in [6.07, 6.45) is 4.24. The molecule has 0 aliphatic heterocycles. The topological polar surface area (TPSA) is 77.5 Å². The van der Waals surface area contributed by atoms with Crippen molar-refractivity contribution in [3.05, 3.63) is 30.7 Å². The first-order valence-electron chi connectivity index (χ1n) is 7.76. The van der Waals surface area contributed by atoms with E-state index in [0.29, 0.717) is 0 Å². The molecule has 0 saturated heterocycles. The lowest BCUT2D eigenvalue weighted by Gasteiger charge is -2.23. The maximum Gasteiger partial charge on any atom is 0.485 e. The molecule has 2 rings (SSSR count). The second kappa shape index (κ2) is 7.07. The quantitative estimate of drug-likeness (QED) is 0.457. The molecule has 2 aromatic heterocycles. The summed E-state index contributed by atoms with van der Waals surface area (Å²) in [5.41, 5.74) is -4.33. The van der Waals surface area contributed by atoms with Crippen LogP contribution in [0.4, 0.5) is 19.0 Å². The average Bonchev–Trinajstić information content (AvgIpc) is 2.74. The summed E-state index contributed by atoms with van der Waals surface area (Å²) in [4.78, 5) is 0. The molecule has 1 N–H and O–H groups in total. The molecule has 6 nitrogen and oxygen atoms in total. The molecule has 0 fully saturated rings. The maximum absolute atomic E-state index is 10.7. The molecule has 0 unspecified atom stereocenters. The van der Waals surface area contributed by atoms with E-state index in [9.17, 15) is 13.2 Å². The molecule has 0 radical (unpaired) electrons. The van der Waals surface area contributed by atoms with Crippen molar-refractivity contribution in [2.24, 2.45) is 0 Å². The predicted octanol–water partition coefficient (Wildman–Crippen LogP) is 3.24. The number of nitrogens with one attached hydrogen (secondary N) is 1. The Kier molecular flexibility index (Phi) is 6.04. The number of imidazole rings is 1. The van der Waals surface area contributed by atoms with Gasteiger partial charge in [0.05, 0.1) is 17.3 Å². The van der Waals surface area contributed by atoms with E-state index in [2.05, 4.69) is 86.6 Å². The van der Waals surface area contributed by atoms with Crippen LogP contribution in [0.2, 0.25) is 0 Å². The number of fused-ring (bicyclic) bond motifs is 1. The van der Waals surface area contributed by atoms with Crippen molar-refractivity contribution in [2.75, 3.05) is 5.32 Å². The summed E-state index contributed by atoms with van der Waals surface area (Å²) in [6, 6.07) is 6.29. The zero-order chi connectivity index (χ0) is 20.6. The van der Waals surface area contributed by atoms with Gasteiger partial charge < -0.3 is 4.55 Å². The zero-order valence-corrected chi connectivity index (χ0v) is 16.4. The highest BCUT2D eigenvalue weighted by Gasteiger charge is 2.37. The van der Waals surface area contributed by atoms with Crippen molar-refractivity contribution >= 4 is 21.5 Å². The van der Waals surface area contributed by atoms with Gasteiger partial charge in [0, 0.05) is 0 Å².